The number of nitro groups is 1. The highest BCUT2D eigenvalue weighted by Crippen LogP contribution is 2.23. The van der Waals surface area contributed by atoms with Crippen molar-refractivity contribution in [2.24, 2.45) is 0 Å². The average molecular weight is 286 g/mol. The summed E-state index contributed by atoms with van der Waals surface area (Å²) in [6.07, 6.45) is 0.823. The second kappa shape index (κ2) is 7.06. The number of nitrogens with one attached hydrogen (secondary N) is 1. The summed E-state index contributed by atoms with van der Waals surface area (Å²) < 4.78 is 0. The molecule has 1 amide bonds. The maximum Gasteiger partial charge on any atom is 0.270 e. The van der Waals surface area contributed by atoms with Crippen molar-refractivity contribution in [2.75, 3.05) is 27.2 Å². The Morgan fingerprint density at radius 2 is 2.21 bits per heavy atom. The Hall–Kier alpha value is -1.66. The van der Waals surface area contributed by atoms with Crippen LogP contribution < -0.4 is 5.32 Å². The van der Waals surface area contributed by atoms with E-state index >= 15 is 0 Å². The number of hydrogen-bond acceptors (Lipinski definition) is 4. The van der Waals surface area contributed by atoms with Crippen LogP contribution in [0.3, 0.4) is 0 Å². The summed E-state index contributed by atoms with van der Waals surface area (Å²) in [6.45, 7) is 1.40. The Balaban J connectivity index is 2.79. The molecule has 1 aromatic rings. The molecule has 6 nitrogen and oxygen atoms in total. The van der Waals surface area contributed by atoms with E-state index in [0.29, 0.717) is 6.54 Å². The Kier molecular flexibility index (Phi) is 5.72. The fraction of sp³-hybridized carbons (Fsp3) is 0.417. The van der Waals surface area contributed by atoms with E-state index in [0.717, 1.165) is 13.0 Å². The van der Waals surface area contributed by atoms with Gasteiger partial charge in [-0.05, 0) is 26.1 Å². The van der Waals surface area contributed by atoms with Crippen LogP contribution in [-0.4, -0.2) is 42.9 Å². The summed E-state index contributed by atoms with van der Waals surface area (Å²) in [6, 6.07) is 3.86. The van der Waals surface area contributed by atoms with Crippen LogP contribution in [0.25, 0.3) is 0 Å². The van der Waals surface area contributed by atoms with Crippen molar-refractivity contribution in [1.29, 1.82) is 0 Å². The molecule has 0 aliphatic rings. The van der Waals surface area contributed by atoms with Gasteiger partial charge in [-0.25, -0.2) is 0 Å². The summed E-state index contributed by atoms with van der Waals surface area (Å²) in [5.74, 6) is -0.240. The molecule has 104 valence electrons. The average Bonchev–Trinajstić information content (AvgIpc) is 2.37. The van der Waals surface area contributed by atoms with Gasteiger partial charge in [-0.2, -0.15) is 0 Å². The first kappa shape index (κ1) is 15.4. The van der Waals surface area contributed by atoms with Crippen LogP contribution in [0.5, 0.6) is 0 Å². The molecule has 0 radical (unpaired) electrons. The summed E-state index contributed by atoms with van der Waals surface area (Å²) in [7, 11) is 3.52. The van der Waals surface area contributed by atoms with Gasteiger partial charge in [0.25, 0.3) is 11.6 Å². The monoisotopic (exact) mass is 285 g/mol. The molecule has 0 aliphatic carbocycles. The highest BCUT2D eigenvalue weighted by atomic mass is 35.5. The number of non-ortho nitro benzene ring substituents is 1. The second-order valence-electron chi connectivity index (χ2n) is 4.11. The number of hydrogen-bond donors (Lipinski definition) is 1. The maximum atomic E-state index is 12.1. The third kappa shape index (κ3) is 4.18. The topological polar surface area (TPSA) is 75.5 Å². The molecule has 0 aliphatic heterocycles. The molecule has 0 saturated carbocycles. The molecule has 1 N–H and O–H groups in total. The molecule has 0 spiro atoms. The first-order valence-electron chi connectivity index (χ1n) is 5.81. The quantitative estimate of drug-likeness (QED) is 0.492. The predicted molar refractivity (Wildman–Crippen MR) is 73.6 cm³/mol. The van der Waals surface area contributed by atoms with E-state index in [2.05, 4.69) is 5.32 Å². The van der Waals surface area contributed by atoms with Crippen LogP contribution in [0.2, 0.25) is 5.02 Å². The largest absolute Gasteiger partial charge is 0.342 e. The molecule has 0 bridgehead atoms. The number of carbonyl (C=O) groups excluding carboxylic acids is 1. The number of carbonyl (C=O) groups is 1. The van der Waals surface area contributed by atoms with Gasteiger partial charge in [0.1, 0.15) is 0 Å². The van der Waals surface area contributed by atoms with Crippen molar-refractivity contribution < 1.29 is 9.72 Å². The van der Waals surface area contributed by atoms with Crippen molar-refractivity contribution in [3.05, 3.63) is 38.9 Å². The second-order valence-corrected chi connectivity index (χ2v) is 4.51. The van der Waals surface area contributed by atoms with Gasteiger partial charge in [0, 0.05) is 25.7 Å². The molecule has 0 saturated heterocycles. The number of nitrogens with zero attached hydrogens (tertiary/aromatic N) is 2. The molecular formula is C12H16ClN3O3. The normalized spacial score (nSPS) is 10.3. The van der Waals surface area contributed by atoms with Gasteiger partial charge in [-0.3, -0.25) is 14.9 Å². The van der Waals surface area contributed by atoms with Gasteiger partial charge in [0.2, 0.25) is 0 Å². The first-order chi connectivity index (χ1) is 8.97. The number of rotatable bonds is 6. The van der Waals surface area contributed by atoms with E-state index in [1.54, 1.807) is 11.9 Å². The van der Waals surface area contributed by atoms with Crippen LogP contribution >= 0.6 is 11.6 Å². The molecule has 1 aromatic carbocycles. The molecule has 0 atom stereocenters. The van der Waals surface area contributed by atoms with E-state index in [1.807, 2.05) is 7.05 Å². The molecule has 0 aromatic heterocycles. The fourth-order valence-electron chi connectivity index (χ4n) is 1.59. The summed E-state index contributed by atoms with van der Waals surface area (Å²) in [5, 5.41) is 13.7. The van der Waals surface area contributed by atoms with Gasteiger partial charge >= 0.3 is 0 Å². The summed E-state index contributed by atoms with van der Waals surface area (Å²) in [5.41, 5.74) is 0.151. The van der Waals surface area contributed by atoms with E-state index in [9.17, 15) is 14.9 Å². The SMILES string of the molecule is CNCCCN(C)C(=O)c1ccc([N+](=O)[O-])cc1Cl. The van der Waals surface area contributed by atoms with Gasteiger partial charge in [-0.1, -0.05) is 11.6 Å². The van der Waals surface area contributed by atoms with Crippen LogP contribution in [0.1, 0.15) is 16.8 Å². The van der Waals surface area contributed by atoms with Crippen LogP contribution in [0.4, 0.5) is 5.69 Å². The molecule has 0 heterocycles. The van der Waals surface area contributed by atoms with Crippen molar-refractivity contribution >= 4 is 23.2 Å². The van der Waals surface area contributed by atoms with E-state index < -0.39 is 4.92 Å². The van der Waals surface area contributed by atoms with Gasteiger partial charge in [0.05, 0.1) is 15.5 Å². The standard InChI is InChI=1S/C12H16ClN3O3/c1-14-6-3-7-15(2)12(17)10-5-4-9(16(18)19)8-11(10)13/h4-5,8,14H,3,6-7H2,1-2H3. The maximum absolute atomic E-state index is 12.1. The van der Waals surface area contributed by atoms with Gasteiger partial charge in [-0.15, -0.1) is 0 Å². The highest BCUT2D eigenvalue weighted by molar-refractivity contribution is 6.34. The lowest BCUT2D eigenvalue weighted by Gasteiger charge is -2.17. The van der Waals surface area contributed by atoms with Crippen molar-refractivity contribution in [2.45, 2.75) is 6.42 Å². The zero-order valence-electron chi connectivity index (χ0n) is 10.9. The number of halogens is 1. The lowest BCUT2D eigenvalue weighted by molar-refractivity contribution is -0.384. The number of amides is 1. The van der Waals surface area contributed by atoms with E-state index in [-0.39, 0.29) is 22.2 Å². The smallest absolute Gasteiger partial charge is 0.270 e. The number of benzene rings is 1. The zero-order valence-corrected chi connectivity index (χ0v) is 11.6. The number of nitro benzene ring substituents is 1. The van der Waals surface area contributed by atoms with Gasteiger partial charge in [0.15, 0.2) is 0 Å². The van der Waals surface area contributed by atoms with Crippen molar-refractivity contribution in [3.63, 3.8) is 0 Å². The van der Waals surface area contributed by atoms with Gasteiger partial charge < -0.3 is 10.2 Å². The third-order valence-corrected chi connectivity index (χ3v) is 2.97. The summed E-state index contributed by atoms with van der Waals surface area (Å²) in [4.78, 5) is 23.7. The molecule has 19 heavy (non-hydrogen) atoms. The third-order valence-electron chi connectivity index (χ3n) is 2.66. The molecule has 7 heteroatoms. The van der Waals surface area contributed by atoms with E-state index in [4.69, 9.17) is 11.6 Å². The minimum absolute atomic E-state index is 0.0969. The Morgan fingerprint density at radius 1 is 1.53 bits per heavy atom. The Morgan fingerprint density at radius 3 is 2.74 bits per heavy atom. The molecule has 1 rings (SSSR count). The Bertz CT molecular complexity index is 479. The van der Waals surface area contributed by atoms with E-state index in [1.165, 1.54) is 18.2 Å². The van der Waals surface area contributed by atoms with Crippen molar-refractivity contribution in [1.82, 2.24) is 10.2 Å². The Labute approximate surface area is 116 Å². The first-order valence-corrected chi connectivity index (χ1v) is 6.19. The minimum Gasteiger partial charge on any atom is -0.342 e. The molecular weight excluding hydrogens is 270 g/mol. The van der Waals surface area contributed by atoms with Crippen LogP contribution in [-0.2, 0) is 0 Å². The highest BCUT2D eigenvalue weighted by Gasteiger charge is 2.17. The lowest BCUT2D eigenvalue weighted by atomic mass is 10.2. The molecule has 0 unspecified atom stereocenters. The lowest BCUT2D eigenvalue weighted by Crippen LogP contribution is -2.29. The predicted octanol–water partition coefficient (Wildman–Crippen LogP) is 1.93. The zero-order chi connectivity index (χ0) is 14.4. The molecule has 0 fully saturated rings. The summed E-state index contributed by atoms with van der Waals surface area (Å²) >= 11 is 5.91. The van der Waals surface area contributed by atoms with Crippen LogP contribution in [0, 0.1) is 10.1 Å². The minimum atomic E-state index is -0.545. The fourth-order valence-corrected chi connectivity index (χ4v) is 1.85. The van der Waals surface area contributed by atoms with Crippen LogP contribution in [0.15, 0.2) is 18.2 Å². The van der Waals surface area contributed by atoms with Crippen molar-refractivity contribution in [3.8, 4) is 0 Å².